The number of aryl methyl sites for hydroxylation is 1. The molecule has 0 aromatic heterocycles. The first-order chi connectivity index (χ1) is 9.21. The molecule has 0 aliphatic rings. The number of carbonyl (C=O) groups excluding carboxylic acids is 1. The number of anilines is 1. The van der Waals surface area contributed by atoms with E-state index < -0.39 is 24.0 Å². The smallest absolute Gasteiger partial charge is 0.319 e. The van der Waals surface area contributed by atoms with Crippen molar-refractivity contribution in [3.8, 4) is 0 Å². The number of hydrogen-bond acceptors (Lipinski definition) is 3. The maximum Gasteiger partial charge on any atom is 0.319 e. The van der Waals surface area contributed by atoms with Gasteiger partial charge in [-0.1, -0.05) is 12.1 Å². The van der Waals surface area contributed by atoms with Gasteiger partial charge in [0.25, 0.3) is 0 Å². The van der Waals surface area contributed by atoms with Crippen molar-refractivity contribution in [2.75, 3.05) is 11.9 Å². The van der Waals surface area contributed by atoms with E-state index in [-0.39, 0.29) is 6.54 Å². The molecule has 0 spiro atoms. The van der Waals surface area contributed by atoms with Gasteiger partial charge >= 0.3 is 12.0 Å². The van der Waals surface area contributed by atoms with E-state index in [1.807, 2.05) is 13.0 Å². The van der Waals surface area contributed by atoms with Crippen LogP contribution in [0.5, 0.6) is 0 Å². The molecule has 1 atom stereocenters. The summed E-state index contributed by atoms with van der Waals surface area (Å²) in [5.41, 5.74) is 0.0774. The minimum Gasteiger partial charge on any atom is -0.481 e. The first kappa shape index (κ1) is 16.5. The van der Waals surface area contributed by atoms with Crippen LogP contribution < -0.4 is 10.6 Å². The van der Waals surface area contributed by atoms with E-state index in [1.165, 1.54) is 6.92 Å². The summed E-state index contributed by atoms with van der Waals surface area (Å²) in [6.07, 6.45) is -0.443. The Hall–Kier alpha value is -1.60. The third-order valence-electron chi connectivity index (χ3n) is 2.60. The molecule has 110 valence electrons. The van der Waals surface area contributed by atoms with Gasteiger partial charge in [-0.3, -0.25) is 4.79 Å². The largest absolute Gasteiger partial charge is 0.481 e. The molecule has 0 saturated heterocycles. The van der Waals surface area contributed by atoms with Crippen LogP contribution in [-0.2, 0) is 4.79 Å². The summed E-state index contributed by atoms with van der Waals surface area (Å²) in [6.45, 7) is 3.09. The first-order valence-corrected chi connectivity index (χ1v) is 6.75. The molecule has 0 radical (unpaired) electrons. The summed E-state index contributed by atoms with van der Waals surface area (Å²) in [4.78, 5) is 22.2. The molecule has 7 heteroatoms. The Morgan fingerprint density at radius 3 is 2.65 bits per heavy atom. The van der Waals surface area contributed by atoms with Crippen molar-refractivity contribution in [1.82, 2.24) is 5.32 Å². The standard InChI is InChI=1S/C13H17BrN2O4/c1-8-4-3-5-9(11(8)14)16-12(19)15-7-13(2,20)6-10(17)18/h3-5,20H,6-7H2,1-2H3,(H,17,18)(H2,15,16,19). The maximum absolute atomic E-state index is 11.7. The van der Waals surface area contributed by atoms with Crippen molar-refractivity contribution < 1.29 is 19.8 Å². The number of carboxylic acid groups (broad SMARTS) is 1. The molecule has 0 saturated carbocycles. The molecular formula is C13H17BrN2O4. The minimum atomic E-state index is -1.49. The monoisotopic (exact) mass is 344 g/mol. The number of aliphatic hydroxyl groups is 1. The number of carboxylic acids is 1. The van der Waals surface area contributed by atoms with Crippen LogP contribution in [0.1, 0.15) is 18.9 Å². The van der Waals surface area contributed by atoms with E-state index in [9.17, 15) is 14.7 Å². The Morgan fingerprint density at radius 2 is 2.05 bits per heavy atom. The second-order valence-corrected chi connectivity index (χ2v) is 5.60. The highest BCUT2D eigenvalue weighted by molar-refractivity contribution is 9.10. The zero-order chi connectivity index (χ0) is 15.3. The molecule has 0 aliphatic carbocycles. The molecule has 0 heterocycles. The van der Waals surface area contributed by atoms with Gasteiger partial charge in [-0.05, 0) is 41.4 Å². The molecule has 4 N–H and O–H groups in total. The average molecular weight is 345 g/mol. The highest BCUT2D eigenvalue weighted by Crippen LogP contribution is 2.25. The van der Waals surface area contributed by atoms with Gasteiger partial charge in [0.15, 0.2) is 0 Å². The van der Waals surface area contributed by atoms with Crippen LogP contribution in [0, 0.1) is 6.92 Å². The predicted molar refractivity (Wildman–Crippen MR) is 78.8 cm³/mol. The van der Waals surface area contributed by atoms with Gasteiger partial charge in [0.05, 0.1) is 17.7 Å². The van der Waals surface area contributed by atoms with Gasteiger partial charge in [0.1, 0.15) is 0 Å². The number of halogens is 1. The maximum atomic E-state index is 11.7. The Morgan fingerprint density at radius 1 is 1.40 bits per heavy atom. The van der Waals surface area contributed by atoms with E-state index in [2.05, 4.69) is 26.6 Å². The van der Waals surface area contributed by atoms with Crippen molar-refractivity contribution >= 4 is 33.6 Å². The lowest BCUT2D eigenvalue weighted by Crippen LogP contribution is -2.43. The average Bonchev–Trinajstić information content (AvgIpc) is 2.31. The first-order valence-electron chi connectivity index (χ1n) is 5.95. The number of aliphatic carboxylic acids is 1. The Balaban J connectivity index is 2.56. The highest BCUT2D eigenvalue weighted by atomic mass is 79.9. The van der Waals surface area contributed by atoms with Crippen molar-refractivity contribution in [3.05, 3.63) is 28.2 Å². The molecule has 1 aromatic rings. The second-order valence-electron chi connectivity index (χ2n) is 4.81. The lowest BCUT2D eigenvalue weighted by molar-refractivity contribution is -0.141. The molecule has 0 bridgehead atoms. The van der Waals surface area contributed by atoms with Crippen LogP contribution in [0.2, 0.25) is 0 Å². The topological polar surface area (TPSA) is 98.7 Å². The summed E-state index contributed by atoms with van der Waals surface area (Å²) in [7, 11) is 0. The van der Waals surface area contributed by atoms with Crippen molar-refractivity contribution in [2.24, 2.45) is 0 Å². The van der Waals surface area contributed by atoms with E-state index in [1.54, 1.807) is 12.1 Å². The molecule has 1 aromatic carbocycles. The number of amides is 2. The van der Waals surface area contributed by atoms with Gasteiger partial charge in [0.2, 0.25) is 0 Å². The molecule has 1 rings (SSSR count). The molecular weight excluding hydrogens is 328 g/mol. The zero-order valence-corrected chi connectivity index (χ0v) is 12.8. The van der Waals surface area contributed by atoms with E-state index in [0.29, 0.717) is 5.69 Å². The lowest BCUT2D eigenvalue weighted by Gasteiger charge is -2.21. The molecule has 2 amide bonds. The SMILES string of the molecule is Cc1cccc(NC(=O)NCC(C)(O)CC(=O)O)c1Br. The lowest BCUT2D eigenvalue weighted by atomic mass is 10.0. The van der Waals surface area contributed by atoms with E-state index >= 15 is 0 Å². The van der Waals surface area contributed by atoms with Crippen molar-refractivity contribution in [3.63, 3.8) is 0 Å². The zero-order valence-electron chi connectivity index (χ0n) is 11.2. The fourth-order valence-corrected chi connectivity index (χ4v) is 1.93. The molecule has 6 nitrogen and oxygen atoms in total. The van der Waals surface area contributed by atoms with Gasteiger partial charge < -0.3 is 20.8 Å². The van der Waals surface area contributed by atoms with Crippen LogP contribution in [0.3, 0.4) is 0 Å². The quantitative estimate of drug-likeness (QED) is 0.657. The predicted octanol–water partition coefficient (Wildman–Crippen LogP) is 2.10. The third kappa shape index (κ3) is 5.18. The van der Waals surface area contributed by atoms with Crippen molar-refractivity contribution in [1.29, 1.82) is 0 Å². The van der Waals surface area contributed by atoms with E-state index in [4.69, 9.17) is 5.11 Å². The summed E-state index contributed by atoms with van der Waals surface area (Å²) >= 11 is 3.36. The Labute approximate surface area is 125 Å². The second kappa shape index (κ2) is 6.71. The summed E-state index contributed by atoms with van der Waals surface area (Å²) in [6, 6.07) is 4.91. The molecule has 20 heavy (non-hydrogen) atoms. The van der Waals surface area contributed by atoms with E-state index in [0.717, 1.165) is 10.0 Å². The molecule has 0 aliphatic heterocycles. The van der Waals surface area contributed by atoms with Crippen LogP contribution in [-0.4, -0.2) is 34.4 Å². The number of rotatable bonds is 5. The van der Waals surface area contributed by atoms with Crippen LogP contribution in [0.4, 0.5) is 10.5 Å². The molecule has 0 fully saturated rings. The van der Waals surface area contributed by atoms with Crippen LogP contribution >= 0.6 is 15.9 Å². The number of benzene rings is 1. The fourth-order valence-electron chi connectivity index (χ4n) is 1.57. The Bertz CT molecular complexity index is 517. The van der Waals surface area contributed by atoms with Crippen LogP contribution in [0.15, 0.2) is 22.7 Å². The molecule has 1 unspecified atom stereocenters. The normalized spacial score (nSPS) is 13.4. The highest BCUT2D eigenvalue weighted by Gasteiger charge is 2.24. The Kier molecular flexibility index (Phi) is 5.52. The van der Waals surface area contributed by atoms with Gasteiger partial charge in [-0.2, -0.15) is 0 Å². The summed E-state index contributed by atoms with van der Waals surface area (Å²) in [5, 5.41) is 23.4. The minimum absolute atomic E-state index is 0.158. The fraction of sp³-hybridized carbons (Fsp3) is 0.385. The summed E-state index contributed by atoms with van der Waals surface area (Å²) in [5.74, 6) is -1.13. The number of nitrogens with one attached hydrogen (secondary N) is 2. The van der Waals surface area contributed by atoms with Gasteiger partial charge in [-0.25, -0.2) is 4.79 Å². The van der Waals surface area contributed by atoms with Crippen LogP contribution in [0.25, 0.3) is 0 Å². The number of hydrogen-bond donors (Lipinski definition) is 4. The van der Waals surface area contributed by atoms with Gasteiger partial charge in [-0.15, -0.1) is 0 Å². The summed E-state index contributed by atoms with van der Waals surface area (Å²) < 4.78 is 0.771. The number of urea groups is 1. The van der Waals surface area contributed by atoms with Crippen molar-refractivity contribution in [2.45, 2.75) is 25.9 Å². The van der Waals surface area contributed by atoms with Gasteiger partial charge in [0, 0.05) is 11.0 Å². The third-order valence-corrected chi connectivity index (χ3v) is 3.65. The number of carbonyl (C=O) groups is 2.